The molecule has 2 fully saturated rings. The molecule has 0 saturated heterocycles. The number of hydrogen-bond acceptors (Lipinski definition) is 4. The van der Waals surface area contributed by atoms with Crippen molar-refractivity contribution in [1.29, 1.82) is 0 Å². The van der Waals surface area contributed by atoms with Gasteiger partial charge < -0.3 is 9.88 Å². The van der Waals surface area contributed by atoms with E-state index in [0.717, 1.165) is 18.9 Å². The van der Waals surface area contributed by atoms with Crippen LogP contribution >= 0.6 is 0 Å². The van der Waals surface area contributed by atoms with Crippen molar-refractivity contribution in [1.82, 2.24) is 19.5 Å². The zero-order valence-electron chi connectivity index (χ0n) is 15.7. The number of benzene rings is 1. The highest BCUT2D eigenvalue weighted by molar-refractivity contribution is 6.30. The summed E-state index contributed by atoms with van der Waals surface area (Å²) in [6.07, 6.45) is 6.30. The number of imidazole rings is 1. The Balaban J connectivity index is 1.25. The van der Waals surface area contributed by atoms with Crippen molar-refractivity contribution >= 4 is 36.2 Å². The Morgan fingerprint density at radius 2 is 1.90 bits per heavy atom. The van der Waals surface area contributed by atoms with Gasteiger partial charge in [-0.05, 0) is 30.6 Å². The summed E-state index contributed by atoms with van der Waals surface area (Å²) in [4.78, 5) is 24.8. The smallest absolute Gasteiger partial charge is 0.228 e. The molecule has 5 rings (SSSR count). The fourth-order valence-corrected chi connectivity index (χ4v) is 4.96. The molecule has 2 radical (unpaired) electrons. The molecule has 3 aromatic rings. The van der Waals surface area contributed by atoms with Crippen LogP contribution < -0.4 is 10.9 Å². The monoisotopic (exact) mass is 393 g/mol. The van der Waals surface area contributed by atoms with Gasteiger partial charge in [-0.15, -0.1) is 0 Å². The van der Waals surface area contributed by atoms with Gasteiger partial charge in [0.25, 0.3) is 0 Å². The van der Waals surface area contributed by atoms with E-state index in [9.17, 15) is 13.6 Å². The number of hydrogen-bond donors (Lipinski definition) is 1. The third kappa shape index (κ3) is 3.08. The zero-order chi connectivity index (χ0) is 20.3. The lowest BCUT2D eigenvalue weighted by atomic mass is 9.96. The van der Waals surface area contributed by atoms with Gasteiger partial charge in [0.1, 0.15) is 7.85 Å². The third-order valence-corrected chi connectivity index (χ3v) is 6.41. The van der Waals surface area contributed by atoms with Gasteiger partial charge in [-0.3, -0.25) is 9.78 Å². The molecule has 2 aromatic heterocycles. The Bertz CT molecular complexity index is 1090. The standard InChI is InChI=1S/C20H18BF2N5O/c1-9(20(29)27-18-7-24-17(21)6-25-18)19-11-2-10(3-12(11)19)28-8-26-15-4-13(22)14(23)5-16(15)28/h4-12,19H,2-3H2,1H3,(H,25,27,29)/t9?,10?,11-,12+,19?. The van der Waals surface area contributed by atoms with E-state index >= 15 is 0 Å². The Morgan fingerprint density at radius 1 is 1.17 bits per heavy atom. The van der Waals surface area contributed by atoms with Crippen molar-refractivity contribution in [3.63, 3.8) is 0 Å². The molecule has 3 unspecified atom stereocenters. The molecule has 2 aliphatic carbocycles. The molecule has 1 aromatic carbocycles. The van der Waals surface area contributed by atoms with E-state index in [4.69, 9.17) is 7.85 Å². The minimum absolute atomic E-state index is 0.0781. The van der Waals surface area contributed by atoms with Crippen molar-refractivity contribution in [3.05, 3.63) is 42.5 Å². The second-order valence-electron chi connectivity index (χ2n) is 8.04. The van der Waals surface area contributed by atoms with Gasteiger partial charge in [-0.2, -0.15) is 0 Å². The first-order valence-electron chi connectivity index (χ1n) is 9.62. The predicted octanol–water partition coefficient (Wildman–Crippen LogP) is 2.37. The second kappa shape index (κ2) is 6.61. The number of halogens is 2. The Morgan fingerprint density at radius 3 is 2.59 bits per heavy atom. The van der Waals surface area contributed by atoms with Gasteiger partial charge in [0.05, 0.1) is 23.6 Å². The highest BCUT2D eigenvalue weighted by Crippen LogP contribution is 2.64. The number of nitrogens with one attached hydrogen (secondary N) is 1. The van der Waals surface area contributed by atoms with E-state index < -0.39 is 11.6 Å². The van der Waals surface area contributed by atoms with Crippen LogP contribution in [0.3, 0.4) is 0 Å². The number of anilines is 1. The van der Waals surface area contributed by atoms with E-state index in [2.05, 4.69) is 20.3 Å². The van der Waals surface area contributed by atoms with Gasteiger partial charge in [-0.25, -0.2) is 18.7 Å². The quantitative estimate of drug-likeness (QED) is 0.691. The van der Waals surface area contributed by atoms with Crippen LogP contribution in [0, 0.1) is 35.3 Å². The van der Waals surface area contributed by atoms with Crippen LogP contribution in [0.4, 0.5) is 14.6 Å². The lowest BCUT2D eigenvalue weighted by Crippen LogP contribution is -2.25. The highest BCUT2D eigenvalue weighted by atomic mass is 19.2. The molecule has 9 heteroatoms. The van der Waals surface area contributed by atoms with Crippen LogP contribution in [0.1, 0.15) is 25.8 Å². The molecule has 0 spiro atoms. The summed E-state index contributed by atoms with van der Waals surface area (Å²) in [5, 5.41) is 2.79. The van der Waals surface area contributed by atoms with Crippen molar-refractivity contribution < 1.29 is 13.6 Å². The van der Waals surface area contributed by atoms with Gasteiger partial charge in [0.15, 0.2) is 17.5 Å². The van der Waals surface area contributed by atoms with Gasteiger partial charge in [0, 0.05) is 35.9 Å². The first-order valence-corrected chi connectivity index (χ1v) is 9.62. The van der Waals surface area contributed by atoms with Crippen LogP contribution in [0.25, 0.3) is 11.0 Å². The van der Waals surface area contributed by atoms with Crippen molar-refractivity contribution in [2.45, 2.75) is 25.8 Å². The molecular weight excluding hydrogens is 375 g/mol. The Labute approximate surface area is 167 Å². The molecule has 2 heterocycles. The first-order chi connectivity index (χ1) is 13.9. The number of carbonyl (C=O) groups excluding carboxylic acids is 1. The molecule has 6 nitrogen and oxygen atoms in total. The molecule has 5 atom stereocenters. The molecule has 29 heavy (non-hydrogen) atoms. The minimum atomic E-state index is -0.886. The summed E-state index contributed by atoms with van der Waals surface area (Å²) in [6, 6.07) is 2.53. The molecule has 146 valence electrons. The maximum atomic E-state index is 13.7. The predicted molar refractivity (Wildman–Crippen MR) is 104 cm³/mol. The van der Waals surface area contributed by atoms with Crippen LogP contribution in [0.15, 0.2) is 30.9 Å². The van der Waals surface area contributed by atoms with Crippen molar-refractivity contribution in [3.8, 4) is 0 Å². The number of carbonyl (C=O) groups is 1. The molecule has 0 aliphatic heterocycles. The number of aromatic nitrogens is 4. The van der Waals surface area contributed by atoms with E-state index in [1.165, 1.54) is 18.5 Å². The molecule has 0 bridgehead atoms. The lowest BCUT2D eigenvalue weighted by molar-refractivity contribution is -0.120. The highest BCUT2D eigenvalue weighted by Gasteiger charge is 2.59. The molecular formula is C20H18BF2N5O. The van der Waals surface area contributed by atoms with Crippen LogP contribution in [-0.2, 0) is 4.79 Å². The first kappa shape index (κ1) is 18.2. The van der Waals surface area contributed by atoms with Gasteiger partial charge >= 0.3 is 0 Å². The summed E-state index contributed by atoms with van der Waals surface area (Å²) < 4.78 is 29.0. The summed E-state index contributed by atoms with van der Waals surface area (Å²) >= 11 is 0. The summed E-state index contributed by atoms with van der Waals surface area (Å²) in [6.45, 7) is 1.93. The SMILES string of the molecule is [B]c1cnc(NC(=O)C(C)C2[C@H]3CC(n4cnc5cc(F)c(F)cc54)C[C@@H]23)cn1. The average molecular weight is 393 g/mol. The Kier molecular flexibility index (Phi) is 4.15. The number of nitrogens with zero attached hydrogens (tertiary/aromatic N) is 4. The Hall–Kier alpha value is -2.84. The fourth-order valence-electron chi connectivity index (χ4n) is 4.96. The second-order valence-corrected chi connectivity index (χ2v) is 8.04. The number of amides is 1. The van der Waals surface area contributed by atoms with Gasteiger partial charge in [0.2, 0.25) is 5.91 Å². The minimum Gasteiger partial charge on any atom is -0.327 e. The molecule has 1 amide bonds. The van der Waals surface area contributed by atoms with Gasteiger partial charge in [-0.1, -0.05) is 6.92 Å². The maximum Gasteiger partial charge on any atom is 0.228 e. The van der Waals surface area contributed by atoms with E-state index in [1.807, 2.05) is 11.5 Å². The van der Waals surface area contributed by atoms with E-state index in [0.29, 0.717) is 40.2 Å². The lowest BCUT2D eigenvalue weighted by Gasteiger charge is -2.19. The van der Waals surface area contributed by atoms with E-state index in [-0.39, 0.29) is 17.9 Å². The van der Waals surface area contributed by atoms with Crippen LogP contribution in [0.2, 0.25) is 0 Å². The number of fused-ring (bicyclic) bond motifs is 2. The molecule has 1 N–H and O–H groups in total. The van der Waals surface area contributed by atoms with Crippen LogP contribution in [-0.4, -0.2) is 33.3 Å². The average Bonchev–Trinajstić information content (AvgIpc) is 3.02. The number of rotatable bonds is 4. The normalized spacial score (nSPS) is 26.3. The maximum absolute atomic E-state index is 13.7. The van der Waals surface area contributed by atoms with Crippen molar-refractivity contribution in [2.75, 3.05) is 5.32 Å². The van der Waals surface area contributed by atoms with Crippen LogP contribution in [0.5, 0.6) is 0 Å². The molecule has 2 saturated carbocycles. The zero-order valence-corrected chi connectivity index (χ0v) is 15.7. The topological polar surface area (TPSA) is 72.7 Å². The van der Waals surface area contributed by atoms with E-state index in [1.54, 1.807) is 6.33 Å². The molecule has 2 aliphatic rings. The summed E-state index contributed by atoms with van der Waals surface area (Å²) in [5.74, 6) is -0.376. The third-order valence-electron chi connectivity index (χ3n) is 6.41. The fraction of sp³-hybridized carbons (Fsp3) is 0.400. The van der Waals surface area contributed by atoms with Crippen molar-refractivity contribution in [2.24, 2.45) is 23.7 Å². The summed E-state index contributed by atoms with van der Waals surface area (Å²) in [5.41, 5.74) is 1.37. The summed E-state index contributed by atoms with van der Waals surface area (Å²) in [7, 11) is 5.51. The largest absolute Gasteiger partial charge is 0.327 e.